The summed E-state index contributed by atoms with van der Waals surface area (Å²) in [4.78, 5) is 23.3. The normalized spacial score (nSPS) is 17.7. The molecular weight excluding hydrogens is 336 g/mol. The van der Waals surface area contributed by atoms with Crippen molar-refractivity contribution < 1.29 is 14.3 Å². The van der Waals surface area contributed by atoms with E-state index >= 15 is 0 Å². The number of methoxy groups -OCH3 is 1. The second-order valence-electron chi connectivity index (χ2n) is 6.24. The Morgan fingerprint density at radius 3 is 2.96 bits per heavy atom. The van der Waals surface area contributed by atoms with Crippen LogP contribution in [0.15, 0.2) is 24.7 Å². The SMILES string of the molecule is COC(=O)c1ncn2c(N3CCOC[C@H]3C)cc(-c3ccnn3C)nc12. The molecule has 0 unspecified atom stereocenters. The van der Waals surface area contributed by atoms with E-state index < -0.39 is 5.97 Å². The number of nitrogens with zero attached hydrogens (tertiary/aromatic N) is 6. The minimum absolute atomic E-state index is 0.192. The molecule has 0 bridgehead atoms. The molecule has 136 valence electrons. The Hall–Kier alpha value is -2.94. The molecule has 0 saturated carbocycles. The van der Waals surface area contributed by atoms with Gasteiger partial charge in [-0.15, -0.1) is 0 Å². The van der Waals surface area contributed by atoms with E-state index in [1.165, 1.54) is 7.11 Å². The lowest BCUT2D eigenvalue weighted by Gasteiger charge is -2.35. The maximum absolute atomic E-state index is 12.1. The van der Waals surface area contributed by atoms with E-state index in [2.05, 4.69) is 26.9 Å². The van der Waals surface area contributed by atoms with E-state index in [4.69, 9.17) is 9.47 Å². The van der Waals surface area contributed by atoms with E-state index in [1.54, 1.807) is 17.2 Å². The van der Waals surface area contributed by atoms with Crippen LogP contribution in [0, 0.1) is 0 Å². The van der Waals surface area contributed by atoms with Gasteiger partial charge in [-0.1, -0.05) is 0 Å². The van der Waals surface area contributed by atoms with Crippen molar-refractivity contribution in [3.8, 4) is 11.4 Å². The van der Waals surface area contributed by atoms with Crippen LogP contribution < -0.4 is 4.90 Å². The smallest absolute Gasteiger partial charge is 0.360 e. The monoisotopic (exact) mass is 356 g/mol. The fourth-order valence-corrected chi connectivity index (χ4v) is 3.24. The minimum Gasteiger partial charge on any atom is -0.464 e. The molecule has 0 spiro atoms. The number of fused-ring (bicyclic) bond motifs is 1. The van der Waals surface area contributed by atoms with Crippen LogP contribution in [0.1, 0.15) is 17.4 Å². The highest BCUT2D eigenvalue weighted by Gasteiger charge is 2.25. The van der Waals surface area contributed by atoms with Crippen LogP contribution in [0.25, 0.3) is 17.0 Å². The first-order chi connectivity index (χ1) is 12.6. The molecule has 9 heteroatoms. The predicted octanol–water partition coefficient (Wildman–Crippen LogP) is 1.14. The first-order valence-corrected chi connectivity index (χ1v) is 8.39. The molecule has 4 rings (SSSR count). The van der Waals surface area contributed by atoms with Gasteiger partial charge in [0.1, 0.15) is 12.1 Å². The number of rotatable bonds is 3. The van der Waals surface area contributed by atoms with Gasteiger partial charge >= 0.3 is 5.97 Å². The number of imidazole rings is 1. The average Bonchev–Trinajstić information content (AvgIpc) is 3.27. The average molecular weight is 356 g/mol. The summed E-state index contributed by atoms with van der Waals surface area (Å²) >= 11 is 0. The van der Waals surface area contributed by atoms with Crippen molar-refractivity contribution in [2.75, 3.05) is 31.8 Å². The summed E-state index contributed by atoms with van der Waals surface area (Å²) in [6, 6.07) is 4.08. The van der Waals surface area contributed by atoms with Crippen molar-refractivity contribution >= 4 is 17.4 Å². The number of carbonyl (C=O) groups is 1. The topological polar surface area (TPSA) is 86.8 Å². The number of carbonyl (C=O) groups excluding carboxylic acids is 1. The number of hydrogen-bond donors (Lipinski definition) is 0. The van der Waals surface area contributed by atoms with Crippen molar-refractivity contribution in [2.24, 2.45) is 7.05 Å². The number of hydrogen-bond acceptors (Lipinski definition) is 7. The molecule has 0 aromatic carbocycles. The van der Waals surface area contributed by atoms with Gasteiger partial charge in [-0.2, -0.15) is 5.10 Å². The van der Waals surface area contributed by atoms with Gasteiger partial charge in [0.2, 0.25) is 0 Å². The Bertz CT molecular complexity index is 963. The summed E-state index contributed by atoms with van der Waals surface area (Å²) in [5.41, 5.74) is 2.23. The zero-order valence-corrected chi connectivity index (χ0v) is 14.9. The molecule has 0 N–H and O–H groups in total. The van der Waals surface area contributed by atoms with Crippen molar-refractivity contribution in [2.45, 2.75) is 13.0 Å². The third-order valence-electron chi connectivity index (χ3n) is 4.61. The molecule has 1 fully saturated rings. The first-order valence-electron chi connectivity index (χ1n) is 8.39. The van der Waals surface area contributed by atoms with Gasteiger partial charge in [-0.3, -0.25) is 9.08 Å². The quantitative estimate of drug-likeness (QED) is 0.651. The van der Waals surface area contributed by atoms with E-state index in [0.717, 1.165) is 23.8 Å². The van der Waals surface area contributed by atoms with Crippen LogP contribution in [0.2, 0.25) is 0 Å². The minimum atomic E-state index is -0.511. The molecular formula is C17H20N6O3. The second-order valence-corrected chi connectivity index (χ2v) is 6.24. The summed E-state index contributed by atoms with van der Waals surface area (Å²) < 4.78 is 14.0. The number of morpholine rings is 1. The van der Waals surface area contributed by atoms with E-state index in [1.807, 2.05) is 23.6 Å². The van der Waals surface area contributed by atoms with E-state index in [0.29, 0.717) is 18.9 Å². The molecule has 0 radical (unpaired) electrons. The van der Waals surface area contributed by atoms with Crippen molar-refractivity contribution in [1.82, 2.24) is 24.1 Å². The van der Waals surface area contributed by atoms with Gasteiger partial charge < -0.3 is 14.4 Å². The first kappa shape index (κ1) is 16.5. The van der Waals surface area contributed by atoms with Crippen LogP contribution in [-0.4, -0.2) is 63.0 Å². The van der Waals surface area contributed by atoms with Crippen LogP contribution in [-0.2, 0) is 16.5 Å². The molecule has 9 nitrogen and oxygen atoms in total. The largest absolute Gasteiger partial charge is 0.464 e. The molecule has 1 aliphatic heterocycles. The fourth-order valence-electron chi connectivity index (χ4n) is 3.24. The van der Waals surface area contributed by atoms with Gasteiger partial charge in [0.15, 0.2) is 11.3 Å². The van der Waals surface area contributed by atoms with E-state index in [9.17, 15) is 4.79 Å². The Morgan fingerprint density at radius 2 is 2.27 bits per heavy atom. The molecule has 1 aliphatic rings. The molecule has 1 atom stereocenters. The third-order valence-corrected chi connectivity index (χ3v) is 4.61. The number of ether oxygens (including phenoxy) is 2. The number of esters is 1. The summed E-state index contributed by atoms with van der Waals surface area (Å²) in [5, 5.41) is 4.22. The van der Waals surface area contributed by atoms with Crippen molar-refractivity contribution in [3.63, 3.8) is 0 Å². The number of aryl methyl sites for hydroxylation is 1. The molecule has 4 heterocycles. The fraction of sp³-hybridized carbons (Fsp3) is 0.412. The molecule has 0 amide bonds. The molecule has 3 aromatic heterocycles. The Labute approximate surface area is 150 Å². The number of aromatic nitrogens is 5. The highest BCUT2D eigenvalue weighted by atomic mass is 16.5. The Kier molecular flexibility index (Phi) is 4.08. The highest BCUT2D eigenvalue weighted by Crippen LogP contribution is 2.28. The highest BCUT2D eigenvalue weighted by molar-refractivity contribution is 5.94. The van der Waals surface area contributed by atoms with Gasteiger partial charge in [0.05, 0.1) is 37.8 Å². The van der Waals surface area contributed by atoms with Gasteiger partial charge in [0.25, 0.3) is 0 Å². The zero-order valence-electron chi connectivity index (χ0n) is 14.9. The molecule has 26 heavy (non-hydrogen) atoms. The van der Waals surface area contributed by atoms with Crippen LogP contribution in [0.4, 0.5) is 5.82 Å². The number of anilines is 1. The van der Waals surface area contributed by atoms with Gasteiger partial charge in [-0.25, -0.2) is 14.8 Å². The summed E-state index contributed by atoms with van der Waals surface area (Å²) in [5.74, 6) is 0.396. The van der Waals surface area contributed by atoms with Crippen LogP contribution in [0.5, 0.6) is 0 Å². The second kappa shape index (κ2) is 6.41. The summed E-state index contributed by atoms with van der Waals surface area (Å²) in [7, 11) is 3.19. The van der Waals surface area contributed by atoms with Gasteiger partial charge in [-0.05, 0) is 13.0 Å². The van der Waals surface area contributed by atoms with E-state index in [-0.39, 0.29) is 11.7 Å². The summed E-state index contributed by atoms with van der Waals surface area (Å²) in [6.45, 7) is 4.14. The van der Waals surface area contributed by atoms with Crippen LogP contribution >= 0.6 is 0 Å². The zero-order chi connectivity index (χ0) is 18.3. The van der Waals surface area contributed by atoms with Gasteiger partial charge in [0, 0.05) is 25.9 Å². The van der Waals surface area contributed by atoms with Crippen molar-refractivity contribution in [3.05, 3.63) is 30.4 Å². The van der Waals surface area contributed by atoms with Crippen molar-refractivity contribution in [1.29, 1.82) is 0 Å². The standard InChI is InChI=1S/C17H20N6O3/c1-11-9-26-7-6-22(11)14-8-12(13-4-5-19-21(13)2)20-16-15(17(24)25-3)18-10-23(14)16/h4-5,8,10-11H,6-7,9H2,1-3H3/t11-/m1/s1. The molecule has 0 aliphatic carbocycles. The van der Waals surface area contributed by atoms with Crippen LogP contribution in [0.3, 0.4) is 0 Å². The predicted molar refractivity (Wildman–Crippen MR) is 94.2 cm³/mol. The lowest BCUT2D eigenvalue weighted by atomic mass is 10.2. The molecule has 1 saturated heterocycles. The Balaban J connectivity index is 1.95. The maximum Gasteiger partial charge on any atom is 0.360 e. The Morgan fingerprint density at radius 1 is 1.42 bits per heavy atom. The molecule has 3 aromatic rings. The third kappa shape index (κ3) is 2.60. The summed E-state index contributed by atoms with van der Waals surface area (Å²) in [6.07, 6.45) is 3.33. The lowest BCUT2D eigenvalue weighted by Crippen LogP contribution is -2.44. The maximum atomic E-state index is 12.1. The lowest BCUT2D eigenvalue weighted by molar-refractivity contribution is 0.0596.